The first-order chi connectivity index (χ1) is 24.9. The second kappa shape index (κ2) is 13.3. The van der Waals surface area contributed by atoms with E-state index in [4.69, 9.17) is 4.74 Å². The standard InChI is InChI=1S/C48H56N2OS/c1-31-19-43-41(23-36(31)13-14-37-29-46(3,4)30-38(17-18-49)45(37)52-40-11-9-8-10-12-40)32(2)25-47(5,6)50(43)39-15-16-44(51-7)42(24-39)48-26-33-20-34(27-48)22-35(21-33)28-48/h8-17,19,23-24,32-35H,20-22,25-30H2,1-7H3/b14-13+,38-17+. The number of allylic oxidation sites excluding steroid dienone is 4. The number of thioether (sulfide) groups is 1. The van der Waals surface area contributed by atoms with Crippen molar-refractivity contribution >= 4 is 29.2 Å². The van der Waals surface area contributed by atoms with Crippen LogP contribution in [0.15, 0.2) is 93.8 Å². The van der Waals surface area contributed by atoms with Crippen LogP contribution < -0.4 is 9.64 Å². The van der Waals surface area contributed by atoms with Crippen molar-refractivity contribution in [1.29, 1.82) is 5.26 Å². The molecule has 9 rings (SSSR count). The number of ether oxygens (including phenoxy) is 1. The number of nitriles is 1. The third-order valence-corrected chi connectivity index (χ3v) is 14.5. The van der Waals surface area contributed by atoms with Crippen molar-refractivity contribution in [2.45, 2.75) is 121 Å². The molecule has 0 radical (unpaired) electrons. The van der Waals surface area contributed by atoms with E-state index in [-0.39, 0.29) is 16.4 Å². The lowest BCUT2D eigenvalue weighted by atomic mass is 9.48. The molecule has 0 aromatic heterocycles. The topological polar surface area (TPSA) is 36.3 Å². The van der Waals surface area contributed by atoms with E-state index in [9.17, 15) is 5.26 Å². The van der Waals surface area contributed by atoms with Crippen molar-refractivity contribution in [3.63, 3.8) is 0 Å². The molecule has 3 aromatic rings. The van der Waals surface area contributed by atoms with Gasteiger partial charge in [0, 0.05) is 38.4 Å². The van der Waals surface area contributed by atoms with Crippen LogP contribution >= 0.6 is 11.8 Å². The second-order valence-corrected chi connectivity index (χ2v) is 19.6. The summed E-state index contributed by atoms with van der Waals surface area (Å²) in [6, 6.07) is 25.0. The molecule has 52 heavy (non-hydrogen) atoms. The molecule has 0 N–H and O–H groups in total. The predicted molar refractivity (Wildman–Crippen MR) is 218 cm³/mol. The van der Waals surface area contributed by atoms with E-state index in [1.807, 2.05) is 7.11 Å². The Bertz CT molecular complexity index is 1970. The monoisotopic (exact) mass is 708 g/mol. The van der Waals surface area contributed by atoms with Gasteiger partial charge in [-0.3, -0.25) is 0 Å². The lowest BCUT2D eigenvalue weighted by Crippen LogP contribution is -2.49. The number of nitrogens with zero attached hydrogens (tertiary/aromatic N) is 2. The molecule has 4 bridgehead atoms. The number of anilines is 2. The zero-order valence-electron chi connectivity index (χ0n) is 32.4. The van der Waals surface area contributed by atoms with E-state index >= 15 is 0 Å². The minimum absolute atomic E-state index is 0.0327. The number of hydrogen-bond donors (Lipinski definition) is 0. The molecule has 0 amide bonds. The lowest BCUT2D eigenvalue weighted by molar-refractivity contribution is -0.00614. The highest BCUT2D eigenvalue weighted by molar-refractivity contribution is 8.03. The summed E-state index contributed by atoms with van der Waals surface area (Å²) in [5, 5.41) is 9.75. The highest BCUT2D eigenvalue weighted by Crippen LogP contribution is 2.62. The van der Waals surface area contributed by atoms with Crippen molar-refractivity contribution in [3.8, 4) is 11.8 Å². The number of fused-ring (bicyclic) bond motifs is 1. The van der Waals surface area contributed by atoms with E-state index in [0.29, 0.717) is 5.92 Å². The third-order valence-electron chi connectivity index (χ3n) is 13.2. The molecule has 0 saturated heterocycles. The average Bonchev–Trinajstić information content (AvgIpc) is 3.08. The van der Waals surface area contributed by atoms with Crippen molar-refractivity contribution in [3.05, 3.63) is 111 Å². The molecular weight excluding hydrogens is 653 g/mol. The van der Waals surface area contributed by atoms with Crippen molar-refractivity contribution in [2.24, 2.45) is 23.2 Å². The summed E-state index contributed by atoms with van der Waals surface area (Å²) in [5.74, 6) is 4.19. The van der Waals surface area contributed by atoms with Crippen LogP contribution in [0.2, 0.25) is 0 Å². The average molecular weight is 709 g/mol. The highest BCUT2D eigenvalue weighted by Gasteiger charge is 2.53. The largest absolute Gasteiger partial charge is 0.496 e. The molecular formula is C48H56N2OS. The summed E-state index contributed by atoms with van der Waals surface area (Å²) in [6.07, 6.45) is 17.8. The van der Waals surface area contributed by atoms with Crippen LogP contribution in [0.25, 0.3) is 6.08 Å². The maximum absolute atomic E-state index is 9.75. The predicted octanol–water partition coefficient (Wildman–Crippen LogP) is 13.2. The van der Waals surface area contributed by atoms with E-state index in [2.05, 4.69) is 125 Å². The van der Waals surface area contributed by atoms with Crippen molar-refractivity contribution < 1.29 is 4.74 Å². The van der Waals surface area contributed by atoms with E-state index in [1.165, 1.54) is 87.5 Å². The zero-order valence-corrected chi connectivity index (χ0v) is 33.2. The maximum Gasteiger partial charge on any atom is 0.122 e. The summed E-state index contributed by atoms with van der Waals surface area (Å²) in [4.78, 5) is 5.10. The number of methoxy groups -OCH3 is 1. The van der Waals surface area contributed by atoms with Gasteiger partial charge in [-0.2, -0.15) is 5.26 Å². The quantitative estimate of drug-likeness (QED) is 0.229. The van der Waals surface area contributed by atoms with Gasteiger partial charge < -0.3 is 9.64 Å². The fraction of sp³-hybridized carbons (Fsp3) is 0.479. The number of hydrogen-bond acceptors (Lipinski definition) is 4. The van der Waals surface area contributed by atoms with E-state index < -0.39 is 0 Å². The van der Waals surface area contributed by atoms with Crippen LogP contribution in [0.4, 0.5) is 11.4 Å². The molecule has 4 fully saturated rings. The number of aryl methyl sites for hydroxylation is 1. The molecule has 270 valence electrons. The van der Waals surface area contributed by atoms with Crippen LogP contribution in [-0.2, 0) is 5.41 Å². The molecule has 3 nitrogen and oxygen atoms in total. The summed E-state index contributed by atoms with van der Waals surface area (Å²) >= 11 is 1.80. The van der Waals surface area contributed by atoms with E-state index in [1.54, 1.807) is 17.8 Å². The Hall–Kier alpha value is -3.68. The summed E-state index contributed by atoms with van der Waals surface area (Å²) in [5.41, 5.74) is 10.9. The van der Waals surface area contributed by atoms with Gasteiger partial charge in [-0.15, -0.1) is 0 Å². The van der Waals surface area contributed by atoms with Crippen LogP contribution in [0, 0.1) is 41.4 Å². The first-order valence-electron chi connectivity index (χ1n) is 19.7. The van der Waals surface area contributed by atoms with Crippen molar-refractivity contribution in [1.82, 2.24) is 0 Å². The SMILES string of the molecule is COc1ccc(N2c3cc(C)c(/C=C/C4=C(Sc5ccccc5)C(=C/C#N)/CC(C)(C)C4)cc3C(C)CC2(C)C)cc1C12CC3CC(CC(C3)C1)C2. The molecule has 4 heteroatoms. The van der Waals surface area contributed by atoms with Gasteiger partial charge in [0.15, 0.2) is 0 Å². The number of rotatable bonds is 7. The zero-order chi connectivity index (χ0) is 36.4. The minimum Gasteiger partial charge on any atom is -0.496 e. The molecule has 4 saturated carbocycles. The molecule has 1 unspecified atom stereocenters. The van der Waals surface area contributed by atoms with Crippen LogP contribution in [0.5, 0.6) is 5.75 Å². The molecule has 0 spiro atoms. The van der Waals surface area contributed by atoms with Gasteiger partial charge in [0.25, 0.3) is 0 Å². The van der Waals surface area contributed by atoms with Crippen LogP contribution in [-0.4, -0.2) is 12.6 Å². The van der Waals surface area contributed by atoms with Gasteiger partial charge >= 0.3 is 0 Å². The summed E-state index contributed by atoms with van der Waals surface area (Å²) in [7, 11) is 1.87. The first kappa shape index (κ1) is 35.4. The Morgan fingerprint density at radius 1 is 0.865 bits per heavy atom. The maximum atomic E-state index is 9.75. The third kappa shape index (κ3) is 6.46. The second-order valence-electron chi connectivity index (χ2n) is 18.5. The molecule has 5 aliphatic carbocycles. The highest BCUT2D eigenvalue weighted by atomic mass is 32.2. The Balaban J connectivity index is 1.18. The number of benzene rings is 3. The molecule has 1 aliphatic heterocycles. The fourth-order valence-corrected chi connectivity index (χ4v) is 12.7. The lowest BCUT2D eigenvalue weighted by Gasteiger charge is -2.57. The smallest absolute Gasteiger partial charge is 0.122 e. The Kier molecular flexibility index (Phi) is 9.05. The Morgan fingerprint density at radius 2 is 1.56 bits per heavy atom. The van der Waals surface area contributed by atoms with Crippen LogP contribution in [0.1, 0.15) is 121 Å². The minimum atomic E-state index is -0.0327. The summed E-state index contributed by atoms with van der Waals surface area (Å²) in [6.45, 7) is 14.2. The normalized spacial score (nSPS) is 29.4. The molecule has 6 aliphatic rings. The Labute approximate surface area is 317 Å². The van der Waals surface area contributed by atoms with Crippen LogP contribution in [0.3, 0.4) is 0 Å². The van der Waals surface area contributed by atoms with Crippen molar-refractivity contribution in [2.75, 3.05) is 12.0 Å². The van der Waals surface area contributed by atoms with Gasteiger partial charge in [-0.1, -0.05) is 62.9 Å². The molecule has 1 atom stereocenters. The first-order valence-corrected chi connectivity index (χ1v) is 20.5. The fourth-order valence-electron chi connectivity index (χ4n) is 11.7. The molecule has 3 aromatic carbocycles. The van der Waals surface area contributed by atoms with Gasteiger partial charge in [0.1, 0.15) is 5.75 Å². The molecule has 1 heterocycles. The Morgan fingerprint density at radius 3 is 2.21 bits per heavy atom. The van der Waals surface area contributed by atoms with Gasteiger partial charge in [0.05, 0.1) is 13.2 Å². The van der Waals surface area contributed by atoms with E-state index in [0.717, 1.165) is 48.3 Å². The van der Waals surface area contributed by atoms with Gasteiger partial charge in [0.2, 0.25) is 0 Å². The van der Waals surface area contributed by atoms with Gasteiger partial charge in [-0.05, 0) is 183 Å². The summed E-state index contributed by atoms with van der Waals surface area (Å²) < 4.78 is 6.15. The van der Waals surface area contributed by atoms with Gasteiger partial charge in [-0.25, -0.2) is 0 Å².